The van der Waals surface area contributed by atoms with Crippen LogP contribution in [0.15, 0.2) is 16.7 Å². The summed E-state index contributed by atoms with van der Waals surface area (Å²) in [5.74, 6) is -10.2. The number of carbonyl (C=O) groups is 1. The SMILES string of the molecule is CCOC(=O)C(/C=N/NC(=S)N1CCOCC1)=C(\O)c1cc(F)c(F)c(F)c1F. The Balaban J connectivity index is 2.34. The Bertz CT molecular complexity index is 858. The smallest absolute Gasteiger partial charge is 0.343 e. The van der Waals surface area contributed by atoms with Gasteiger partial charge in [0.1, 0.15) is 11.3 Å². The first kappa shape index (κ1) is 22.6. The van der Waals surface area contributed by atoms with Gasteiger partial charge in [-0.05, 0) is 25.2 Å². The van der Waals surface area contributed by atoms with Crippen molar-refractivity contribution in [1.82, 2.24) is 10.3 Å². The highest BCUT2D eigenvalue weighted by Gasteiger charge is 2.25. The summed E-state index contributed by atoms with van der Waals surface area (Å²) < 4.78 is 63.9. The first-order valence-electron chi connectivity index (χ1n) is 8.37. The molecule has 0 aromatic heterocycles. The predicted octanol–water partition coefficient (Wildman–Crippen LogP) is 2.27. The predicted molar refractivity (Wildman–Crippen MR) is 99.1 cm³/mol. The van der Waals surface area contributed by atoms with Crippen molar-refractivity contribution in [2.24, 2.45) is 5.10 Å². The van der Waals surface area contributed by atoms with Crippen LogP contribution in [0.25, 0.3) is 5.76 Å². The summed E-state index contributed by atoms with van der Waals surface area (Å²) in [6.45, 7) is 3.28. The Morgan fingerprint density at radius 3 is 2.59 bits per heavy atom. The van der Waals surface area contributed by atoms with Crippen LogP contribution in [0, 0.1) is 23.3 Å². The summed E-state index contributed by atoms with van der Waals surface area (Å²) in [6, 6.07) is 0.210. The molecule has 158 valence electrons. The van der Waals surface area contributed by atoms with Crippen molar-refractivity contribution < 1.29 is 36.9 Å². The van der Waals surface area contributed by atoms with Crippen LogP contribution in [0.4, 0.5) is 17.6 Å². The summed E-state index contributed by atoms with van der Waals surface area (Å²) in [7, 11) is 0. The number of rotatable bonds is 5. The summed E-state index contributed by atoms with van der Waals surface area (Å²) in [5, 5.41) is 14.1. The van der Waals surface area contributed by atoms with Crippen LogP contribution in [-0.4, -0.2) is 60.2 Å². The monoisotopic (exact) mass is 435 g/mol. The standard InChI is InChI=1S/C17H17F4N3O4S/c1-2-28-16(26)10(8-22-23-17(29)24-3-5-27-6-4-24)15(25)9-7-11(18)13(20)14(21)12(9)19/h7-8,25H,2-6H2,1H3,(H,23,29)/b15-10-,22-8+. The van der Waals surface area contributed by atoms with Crippen molar-refractivity contribution in [3.05, 3.63) is 40.5 Å². The van der Waals surface area contributed by atoms with Gasteiger partial charge in [-0.15, -0.1) is 0 Å². The van der Waals surface area contributed by atoms with Crippen molar-refractivity contribution in [2.45, 2.75) is 6.92 Å². The summed E-state index contributed by atoms with van der Waals surface area (Å²) >= 11 is 5.12. The van der Waals surface area contributed by atoms with E-state index in [-0.39, 0.29) is 17.8 Å². The van der Waals surface area contributed by atoms with Gasteiger partial charge in [-0.2, -0.15) is 5.10 Å². The van der Waals surface area contributed by atoms with Crippen molar-refractivity contribution in [3.8, 4) is 0 Å². The zero-order valence-electron chi connectivity index (χ0n) is 15.2. The van der Waals surface area contributed by atoms with Crippen LogP contribution in [0.3, 0.4) is 0 Å². The highest BCUT2D eigenvalue weighted by atomic mass is 32.1. The first-order chi connectivity index (χ1) is 13.8. The number of benzene rings is 1. The van der Waals surface area contributed by atoms with E-state index in [4.69, 9.17) is 21.7 Å². The lowest BCUT2D eigenvalue weighted by molar-refractivity contribution is -0.137. The molecule has 0 amide bonds. The zero-order valence-corrected chi connectivity index (χ0v) is 16.0. The van der Waals surface area contributed by atoms with Crippen LogP contribution in [0.2, 0.25) is 0 Å². The lowest BCUT2D eigenvalue weighted by atomic mass is 10.1. The Kier molecular flexibility index (Phi) is 7.91. The number of hydrazone groups is 1. The van der Waals surface area contributed by atoms with E-state index in [0.717, 1.165) is 6.21 Å². The maximum absolute atomic E-state index is 14.0. The molecule has 0 unspecified atom stereocenters. The van der Waals surface area contributed by atoms with Gasteiger partial charge in [0.05, 0.1) is 31.6 Å². The number of hydrogen-bond acceptors (Lipinski definition) is 6. The van der Waals surface area contributed by atoms with Gasteiger partial charge < -0.3 is 19.5 Å². The second-order valence-electron chi connectivity index (χ2n) is 5.61. The lowest BCUT2D eigenvalue weighted by Gasteiger charge is -2.28. The highest BCUT2D eigenvalue weighted by molar-refractivity contribution is 7.80. The summed E-state index contributed by atoms with van der Waals surface area (Å²) in [6.07, 6.45) is 0.749. The Labute approximate surface area is 168 Å². The normalized spacial score (nSPS) is 15.3. The highest BCUT2D eigenvalue weighted by Crippen LogP contribution is 2.25. The van der Waals surface area contributed by atoms with E-state index in [1.54, 1.807) is 4.90 Å². The number of carbonyl (C=O) groups excluding carboxylic acids is 1. The molecule has 29 heavy (non-hydrogen) atoms. The van der Waals surface area contributed by atoms with Gasteiger partial charge in [0, 0.05) is 13.1 Å². The van der Waals surface area contributed by atoms with Gasteiger partial charge in [-0.3, -0.25) is 5.43 Å². The van der Waals surface area contributed by atoms with E-state index in [2.05, 4.69) is 10.5 Å². The van der Waals surface area contributed by atoms with Crippen LogP contribution in [0.5, 0.6) is 0 Å². The van der Waals surface area contributed by atoms with Crippen LogP contribution in [0.1, 0.15) is 12.5 Å². The van der Waals surface area contributed by atoms with Gasteiger partial charge in [-0.25, -0.2) is 22.4 Å². The molecule has 0 atom stereocenters. The molecule has 7 nitrogen and oxygen atoms in total. The van der Waals surface area contributed by atoms with Crippen molar-refractivity contribution in [3.63, 3.8) is 0 Å². The molecule has 12 heteroatoms. The number of esters is 1. The molecule has 1 saturated heterocycles. The Hall–Kier alpha value is -2.73. The fourth-order valence-electron chi connectivity index (χ4n) is 2.30. The minimum absolute atomic E-state index is 0.113. The quantitative estimate of drug-likeness (QED) is 0.0845. The summed E-state index contributed by atoms with van der Waals surface area (Å²) in [5.41, 5.74) is 0.643. The molecular weight excluding hydrogens is 418 g/mol. The van der Waals surface area contributed by atoms with Gasteiger partial charge in [0.25, 0.3) is 0 Å². The third-order valence-electron chi connectivity index (χ3n) is 3.76. The maximum atomic E-state index is 14.0. The van der Waals surface area contributed by atoms with Crippen LogP contribution < -0.4 is 5.43 Å². The van der Waals surface area contributed by atoms with Crippen LogP contribution in [-0.2, 0) is 14.3 Å². The Morgan fingerprint density at radius 1 is 1.31 bits per heavy atom. The van der Waals surface area contributed by atoms with E-state index in [0.29, 0.717) is 26.3 Å². The number of halogens is 4. The first-order valence-corrected chi connectivity index (χ1v) is 8.78. The number of nitrogens with one attached hydrogen (secondary N) is 1. The fraction of sp³-hybridized carbons (Fsp3) is 0.353. The minimum Gasteiger partial charge on any atom is -0.506 e. The average Bonchev–Trinajstić information content (AvgIpc) is 2.72. The molecule has 1 aromatic carbocycles. The number of thiocarbonyl (C=S) groups is 1. The molecule has 1 aliphatic heterocycles. The molecule has 0 radical (unpaired) electrons. The van der Waals surface area contributed by atoms with Gasteiger partial charge in [0.2, 0.25) is 0 Å². The fourth-order valence-corrected chi connectivity index (χ4v) is 2.53. The second-order valence-corrected chi connectivity index (χ2v) is 5.99. The number of aliphatic hydroxyl groups is 1. The van der Waals surface area contributed by atoms with E-state index >= 15 is 0 Å². The molecule has 0 spiro atoms. The van der Waals surface area contributed by atoms with E-state index in [1.165, 1.54) is 6.92 Å². The molecule has 1 aliphatic rings. The molecule has 1 fully saturated rings. The van der Waals surface area contributed by atoms with Gasteiger partial charge in [-0.1, -0.05) is 0 Å². The topological polar surface area (TPSA) is 83.4 Å². The molecule has 0 aliphatic carbocycles. The molecule has 2 rings (SSSR count). The van der Waals surface area contributed by atoms with Crippen molar-refractivity contribution in [2.75, 3.05) is 32.9 Å². The minimum atomic E-state index is -2.14. The molecule has 0 bridgehead atoms. The van der Waals surface area contributed by atoms with E-state index < -0.39 is 46.1 Å². The average molecular weight is 435 g/mol. The largest absolute Gasteiger partial charge is 0.506 e. The van der Waals surface area contributed by atoms with Crippen molar-refractivity contribution >= 4 is 35.3 Å². The molecule has 0 saturated carbocycles. The lowest BCUT2D eigenvalue weighted by Crippen LogP contribution is -2.44. The summed E-state index contributed by atoms with van der Waals surface area (Å²) in [4.78, 5) is 13.8. The van der Waals surface area contributed by atoms with Gasteiger partial charge >= 0.3 is 5.97 Å². The van der Waals surface area contributed by atoms with E-state index in [9.17, 15) is 27.5 Å². The van der Waals surface area contributed by atoms with Gasteiger partial charge in [0.15, 0.2) is 28.4 Å². The molecule has 1 aromatic rings. The van der Waals surface area contributed by atoms with E-state index in [1.807, 2.05) is 0 Å². The Morgan fingerprint density at radius 2 is 1.97 bits per heavy atom. The third kappa shape index (κ3) is 5.41. The molecular formula is C17H17F4N3O4S. The molecule has 2 N–H and O–H groups in total. The molecule has 1 heterocycles. The maximum Gasteiger partial charge on any atom is 0.343 e. The number of morpholine rings is 1. The third-order valence-corrected chi connectivity index (χ3v) is 4.11. The number of ether oxygens (including phenoxy) is 2. The number of aliphatic hydroxyl groups excluding tert-OH is 1. The van der Waals surface area contributed by atoms with Crippen molar-refractivity contribution in [1.29, 1.82) is 0 Å². The zero-order chi connectivity index (χ0) is 21.6. The number of hydrogen-bond donors (Lipinski definition) is 2. The van der Waals surface area contributed by atoms with Crippen LogP contribution >= 0.6 is 12.2 Å². The number of nitrogens with zero attached hydrogens (tertiary/aromatic N) is 2. The second kappa shape index (κ2) is 10.2.